The van der Waals surface area contributed by atoms with Gasteiger partial charge in [-0.3, -0.25) is 4.90 Å². The molecule has 4 atom stereocenters. The molecular formula is C21H31N3. The molecule has 0 aromatic heterocycles. The van der Waals surface area contributed by atoms with Gasteiger partial charge < -0.3 is 11.5 Å². The topological polar surface area (TPSA) is 55.3 Å². The summed E-state index contributed by atoms with van der Waals surface area (Å²) in [5.74, 6) is 0.583. The van der Waals surface area contributed by atoms with E-state index in [-0.39, 0.29) is 0 Å². The number of allylic oxidation sites excluding steroid dienone is 1. The summed E-state index contributed by atoms with van der Waals surface area (Å²) in [4.78, 5) is 2.86. The number of benzene rings is 1. The van der Waals surface area contributed by atoms with Crippen molar-refractivity contribution in [2.45, 2.75) is 81.8 Å². The monoisotopic (exact) mass is 325 g/mol. The van der Waals surface area contributed by atoms with E-state index in [1.54, 1.807) is 0 Å². The number of anilines is 2. The van der Waals surface area contributed by atoms with Crippen LogP contribution >= 0.6 is 0 Å². The summed E-state index contributed by atoms with van der Waals surface area (Å²) < 4.78 is 0. The number of piperidine rings is 1. The Hall–Kier alpha value is -1.48. The zero-order valence-electron chi connectivity index (χ0n) is 14.7. The van der Waals surface area contributed by atoms with Gasteiger partial charge in [-0.1, -0.05) is 37.1 Å². The fraction of sp³-hybridized carbons (Fsp3) is 0.619. The lowest BCUT2D eigenvalue weighted by atomic mass is 9.82. The number of rotatable bonds is 2. The first-order chi connectivity index (χ1) is 11.7. The Morgan fingerprint density at radius 2 is 1.71 bits per heavy atom. The molecule has 0 spiro atoms. The van der Waals surface area contributed by atoms with E-state index in [0.29, 0.717) is 12.0 Å². The number of nitrogens with zero attached hydrogens (tertiary/aromatic N) is 1. The lowest BCUT2D eigenvalue weighted by Crippen LogP contribution is -2.47. The van der Waals surface area contributed by atoms with E-state index in [0.717, 1.165) is 23.5 Å². The van der Waals surface area contributed by atoms with Crippen molar-refractivity contribution in [2.24, 2.45) is 0 Å². The van der Waals surface area contributed by atoms with Crippen molar-refractivity contribution in [2.75, 3.05) is 11.5 Å². The summed E-state index contributed by atoms with van der Waals surface area (Å²) in [7, 11) is 0. The zero-order chi connectivity index (χ0) is 16.5. The molecule has 2 bridgehead atoms. The lowest BCUT2D eigenvalue weighted by Gasteiger charge is -2.43. The van der Waals surface area contributed by atoms with Crippen LogP contribution in [-0.2, 0) is 0 Å². The average Bonchev–Trinajstić information content (AvgIpc) is 2.80. The molecule has 1 aromatic rings. The molecule has 2 saturated heterocycles. The van der Waals surface area contributed by atoms with Crippen molar-refractivity contribution in [1.82, 2.24) is 4.90 Å². The highest BCUT2D eigenvalue weighted by Gasteiger charge is 2.43. The highest BCUT2D eigenvalue weighted by atomic mass is 15.2. The molecule has 3 nitrogen and oxygen atoms in total. The van der Waals surface area contributed by atoms with Gasteiger partial charge >= 0.3 is 0 Å². The molecule has 2 heterocycles. The maximum absolute atomic E-state index is 6.29. The second-order valence-electron chi connectivity index (χ2n) is 7.98. The van der Waals surface area contributed by atoms with E-state index >= 15 is 0 Å². The van der Waals surface area contributed by atoms with Crippen molar-refractivity contribution in [3.63, 3.8) is 0 Å². The van der Waals surface area contributed by atoms with Crippen LogP contribution in [0, 0.1) is 0 Å². The zero-order valence-corrected chi connectivity index (χ0v) is 14.7. The average molecular weight is 326 g/mol. The Morgan fingerprint density at radius 3 is 2.50 bits per heavy atom. The molecule has 130 valence electrons. The first-order valence-electron chi connectivity index (χ1n) is 9.82. The smallest absolute Gasteiger partial charge is 0.0583 e. The van der Waals surface area contributed by atoms with Gasteiger partial charge in [-0.25, -0.2) is 0 Å². The van der Waals surface area contributed by atoms with Crippen LogP contribution in [0.5, 0.6) is 0 Å². The van der Waals surface area contributed by atoms with Gasteiger partial charge in [0.25, 0.3) is 0 Å². The molecule has 1 aliphatic carbocycles. The fourth-order valence-electron chi connectivity index (χ4n) is 5.36. The van der Waals surface area contributed by atoms with Crippen LogP contribution in [0.3, 0.4) is 0 Å². The number of fused-ring (bicyclic) bond motifs is 2. The molecule has 0 amide bonds. The van der Waals surface area contributed by atoms with Gasteiger partial charge in [-0.15, -0.1) is 0 Å². The minimum atomic E-state index is 0.583. The van der Waals surface area contributed by atoms with Crippen LogP contribution < -0.4 is 11.5 Å². The van der Waals surface area contributed by atoms with Crippen molar-refractivity contribution in [3.8, 4) is 0 Å². The van der Waals surface area contributed by atoms with Crippen molar-refractivity contribution in [1.29, 1.82) is 0 Å². The van der Waals surface area contributed by atoms with Gasteiger partial charge in [-0.2, -0.15) is 0 Å². The fourth-order valence-corrected chi connectivity index (χ4v) is 5.36. The van der Waals surface area contributed by atoms with Crippen LogP contribution in [0.25, 0.3) is 0 Å². The van der Waals surface area contributed by atoms with E-state index in [1.165, 1.54) is 63.4 Å². The minimum absolute atomic E-state index is 0.583. The molecule has 2 fully saturated rings. The second kappa shape index (κ2) is 6.79. The molecule has 3 heteroatoms. The van der Waals surface area contributed by atoms with Gasteiger partial charge in [-0.05, 0) is 62.5 Å². The standard InChI is InChI=1S/C21H31N3/c22-20-10-6-9-19(21(20)23)15-13-17-11-12-18(14-15)24(17)16-7-4-2-1-3-5-8-16/h4,6-7,9-10,15-18H,1-3,5,8,11-14,22-23H2/b7-4-/t15-,16?,17+,18-. The molecule has 3 aliphatic rings. The van der Waals surface area contributed by atoms with Gasteiger partial charge in [0.15, 0.2) is 0 Å². The summed E-state index contributed by atoms with van der Waals surface area (Å²) in [6.45, 7) is 0. The first-order valence-corrected chi connectivity index (χ1v) is 9.82. The van der Waals surface area contributed by atoms with Crippen molar-refractivity contribution >= 4 is 11.4 Å². The summed E-state index contributed by atoms with van der Waals surface area (Å²) in [6, 6.07) is 8.30. The molecule has 2 aliphatic heterocycles. The maximum Gasteiger partial charge on any atom is 0.0583 e. The predicted molar refractivity (Wildman–Crippen MR) is 102 cm³/mol. The number of hydrogen-bond acceptors (Lipinski definition) is 3. The largest absolute Gasteiger partial charge is 0.397 e. The summed E-state index contributed by atoms with van der Waals surface area (Å²) in [6.07, 6.45) is 16.9. The summed E-state index contributed by atoms with van der Waals surface area (Å²) in [5.41, 5.74) is 15.2. The SMILES string of the molecule is Nc1cccc([C@H]2C[C@H]3CC[C@@H](C2)N3C2/C=C\CCCCC2)c1N. The number of nitrogens with two attached hydrogens (primary N) is 2. The predicted octanol–water partition coefficient (Wildman–Crippen LogP) is 4.45. The van der Waals surface area contributed by atoms with Crippen molar-refractivity contribution < 1.29 is 0 Å². The maximum atomic E-state index is 6.29. The third kappa shape index (κ3) is 2.95. The Bertz CT molecular complexity index is 595. The van der Waals surface area contributed by atoms with E-state index in [4.69, 9.17) is 11.5 Å². The summed E-state index contributed by atoms with van der Waals surface area (Å²) in [5, 5.41) is 0. The number of nitrogen functional groups attached to an aromatic ring is 2. The van der Waals surface area contributed by atoms with Gasteiger partial charge in [0, 0.05) is 18.1 Å². The van der Waals surface area contributed by atoms with Crippen molar-refractivity contribution in [3.05, 3.63) is 35.9 Å². The van der Waals surface area contributed by atoms with E-state index in [1.807, 2.05) is 6.07 Å². The normalized spacial score (nSPS) is 35.3. The van der Waals surface area contributed by atoms with Gasteiger partial charge in [0.2, 0.25) is 0 Å². The van der Waals surface area contributed by atoms with Crippen LogP contribution in [0.2, 0.25) is 0 Å². The highest BCUT2D eigenvalue weighted by molar-refractivity contribution is 5.68. The third-order valence-corrected chi connectivity index (χ3v) is 6.51. The highest BCUT2D eigenvalue weighted by Crippen LogP contribution is 2.46. The molecular weight excluding hydrogens is 294 g/mol. The molecule has 4 rings (SSSR count). The molecule has 4 N–H and O–H groups in total. The molecule has 1 unspecified atom stereocenters. The second-order valence-corrected chi connectivity index (χ2v) is 7.98. The Balaban J connectivity index is 1.53. The number of hydrogen-bond donors (Lipinski definition) is 2. The molecule has 24 heavy (non-hydrogen) atoms. The van der Waals surface area contributed by atoms with Crippen LogP contribution in [-0.4, -0.2) is 23.0 Å². The molecule has 0 saturated carbocycles. The quantitative estimate of drug-likeness (QED) is 0.624. The number of para-hydroxylation sites is 1. The van der Waals surface area contributed by atoms with Gasteiger partial charge in [0.1, 0.15) is 0 Å². The van der Waals surface area contributed by atoms with E-state index in [9.17, 15) is 0 Å². The Labute approximate surface area is 146 Å². The minimum Gasteiger partial charge on any atom is -0.397 e. The summed E-state index contributed by atoms with van der Waals surface area (Å²) >= 11 is 0. The third-order valence-electron chi connectivity index (χ3n) is 6.51. The molecule has 0 radical (unpaired) electrons. The Morgan fingerprint density at radius 1 is 0.917 bits per heavy atom. The van der Waals surface area contributed by atoms with Gasteiger partial charge in [0.05, 0.1) is 11.4 Å². The van der Waals surface area contributed by atoms with Crippen LogP contribution in [0.15, 0.2) is 30.4 Å². The van der Waals surface area contributed by atoms with E-state index < -0.39 is 0 Å². The van der Waals surface area contributed by atoms with Crippen LogP contribution in [0.4, 0.5) is 11.4 Å². The lowest BCUT2D eigenvalue weighted by molar-refractivity contribution is 0.0910. The first kappa shape index (κ1) is 16.0. The Kier molecular flexibility index (Phi) is 4.53. The van der Waals surface area contributed by atoms with Crippen LogP contribution in [0.1, 0.15) is 69.3 Å². The van der Waals surface area contributed by atoms with E-state index in [2.05, 4.69) is 29.2 Å². The molecule has 1 aromatic carbocycles.